The predicted molar refractivity (Wildman–Crippen MR) is 110 cm³/mol. The van der Waals surface area contributed by atoms with Gasteiger partial charge >= 0.3 is 0 Å². The van der Waals surface area contributed by atoms with Gasteiger partial charge in [-0.25, -0.2) is 0 Å². The van der Waals surface area contributed by atoms with Crippen LogP contribution in [-0.4, -0.2) is 18.7 Å². The number of para-hydroxylation sites is 1. The minimum absolute atomic E-state index is 0.0189. The van der Waals surface area contributed by atoms with Crippen LogP contribution in [0.3, 0.4) is 0 Å². The van der Waals surface area contributed by atoms with Crippen LogP contribution in [0.2, 0.25) is 0 Å². The van der Waals surface area contributed by atoms with E-state index >= 15 is 0 Å². The maximum absolute atomic E-state index is 13.6. The first-order valence-corrected chi connectivity index (χ1v) is 9.77. The lowest BCUT2D eigenvalue weighted by atomic mass is 9.63. The van der Waals surface area contributed by atoms with Gasteiger partial charge in [-0.2, -0.15) is 5.26 Å². The van der Waals surface area contributed by atoms with Crippen LogP contribution < -0.4 is 10.6 Å². The van der Waals surface area contributed by atoms with E-state index in [0.29, 0.717) is 23.4 Å². The Morgan fingerprint density at radius 3 is 2.53 bits per heavy atom. The van der Waals surface area contributed by atoms with E-state index < -0.39 is 5.41 Å². The van der Waals surface area contributed by atoms with Crippen molar-refractivity contribution in [2.24, 2.45) is 5.73 Å². The quantitative estimate of drug-likeness (QED) is 0.798. The number of anilines is 1. The van der Waals surface area contributed by atoms with Crippen molar-refractivity contribution in [2.45, 2.75) is 24.2 Å². The van der Waals surface area contributed by atoms with Crippen LogP contribution in [-0.2, 0) is 19.7 Å². The molecule has 2 N–H and O–H groups in total. The summed E-state index contributed by atoms with van der Waals surface area (Å²) in [6.45, 7) is 0. The Bertz CT molecular complexity index is 1210. The summed E-state index contributed by atoms with van der Waals surface area (Å²) in [6, 6.07) is 19.0. The molecule has 2 unspecified atom stereocenters. The summed E-state index contributed by atoms with van der Waals surface area (Å²) < 4.78 is 5.82. The van der Waals surface area contributed by atoms with Gasteiger partial charge in [0.2, 0.25) is 11.8 Å². The first-order chi connectivity index (χ1) is 14.5. The molecule has 2 aromatic carbocycles. The van der Waals surface area contributed by atoms with Gasteiger partial charge in [0, 0.05) is 31.1 Å². The fourth-order valence-electron chi connectivity index (χ4n) is 5.03. The number of amides is 1. The van der Waals surface area contributed by atoms with Crippen LogP contribution >= 0.6 is 0 Å². The molecule has 6 heteroatoms. The van der Waals surface area contributed by atoms with Crippen LogP contribution in [0.25, 0.3) is 0 Å². The molecule has 0 fully saturated rings. The number of hydrogen-bond acceptors (Lipinski definition) is 5. The molecule has 0 saturated heterocycles. The molecule has 0 saturated carbocycles. The summed E-state index contributed by atoms with van der Waals surface area (Å²) in [4.78, 5) is 28.7. The molecule has 6 nitrogen and oxygen atoms in total. The molecule has 3 aliphatic rings. The summed E-state index contributed by atoms with van der Waals surface area (Å²) in [6.07, 6.45) is 0.678. The van der Waals surface area contributed by atoms with Gasteiger partial charge in [-0.15, -0.1) is 0 Å². The van der Waals surface area contributed by atoms with Gasteiger partial charge in [0.1, 0.15) is 22.8 Å². The Labute approximate surface area is 173 Å². The molecule has 5 rings (SSSR count). The topological polar surface area (TPSA) is 96.4 Å². The van der Waals surface area contributed by atoms with Crippen molar-refractivity contribution < 1.29 is 14.3 Å². The number of ether oxygens (including phenoxy) is 1. The second kappa shape index (κ2) is 6.33. The fraction of sp³-hybridized carbons (Fsp3) is 0.208. The number of rotatable bonds is 1. The molecule has 2 aromatic rings. The van der Waals surface area contributed by atoms with Gasteiger partial charge in [-0.3, -0.25) is 9.59 Å². The largest absolute Gasteiger partial charge is 0.444 e. The van der Waals surface area contributed by atoms with E-state index in [1.54, 1.807) is 19.2 Å². The molecule has 0 bridgehead atoms. The Morgan fingerprint density at radius 1 is 1.10 bits per heavy atom. The summed E-state index contributed by atoms with van der Waals surface area (Å²) in [5, 5.41) is 9.95. The molecule has 30 heavy (non-hydrogen) atoms. The minimum Gasteiger partial charge on any atom is -0.444 e. The lowest BCUT2D eigenvalue weighted by Gasteiger charge is -2.39. The first kappa shape index (κ1) is 18.2. The van der Waals surface area contributed by atoms with E-state index in [1.807, 2.05) is 42.5 Å². The third kappa shape index (κ3) is 2.17. The monoisotopic (exact) mass is 397 g/mol. The molecule has 148 valence electrons. The molecular weight excluding hydrogens is 378 g/mol. The first-order valence-electron chi connectivity index (χ1n) is 9.77. The SMILES string of the molecule is CN1C(=O)C2(C(C#N)=C(N)OC3=C2C(=O)CC(c2ccccc2)C3)c2ccccc21. The van der Waals surface area contributed by atoms with E-state index in [2.05, 4.69) is 6.07 Å². The molecule has 1 aliphatic carbocycles. The number of likely N-dealkylation sites (N-methyl/N-ethyl adjacent to an activating group) is 1. The lowest BCUT2D eigenvalue weighted by molar-refractivity contribution is -0.124. The van der Waals surface area contributed by atoms with E-state index in [-0.39, 0.29) is 41.1 Å². The van der Waals surface area contributed by atoms with Crippen LogP contribution in [0.4, 0.5) is 5.69 Å². The number of carbonyl (C=O) groups is 2. The predicted octanol–water partition coefficient (Wildman–Crippen LogP) is 3.03. The van der Waals surface area contributed by atoms with Gasteiger partial charge in [0.15, 0.2) is 5.78 Å². The summed E-state index contributed by atoms with van der Waals surface area (Å²) >= 11 is 0. The highest BCUT2D eigenvalue weighted by atomic mass is 16.5. The number of carbonyl (C=O) groups excluding carboxylic acids is 2. The van der Waals surface area contributed by atoms with Crippen molar-refractivity contribution in [3.8, 4) is 6.07 Å². The van der Waals surface area contributed by atoms with E-state index in [4.69, 9.17) is 10.5 Å². The second-order valence-electron chi connectivity index (χ2n) is 7.82. The van der Waals surface area contributed by atoms with Crippen molar-refractivity contribution in [3.63, 3.8) is 0 Å². The maximum atomic E-state index is 13.6. The number of benzene rings is 2. The molecule has 1 spiro atoms. The number of ketones is 1. The standard InChI is InChI=1S/C24H19N3O3/c1-27-18-10-6-5-9-16(18)24(23(27)29)17(13-25)22(26)30-20-12-15(11-19(28)21(20)24)14-7-3-2-4-8-14/h2-10,15H,11-12,26H2,1H3. The van der Waals surface area contributed by atoms with Crippen LogP contribution in [0, 0.1) is 11.3 Å². The smallest absolute Gasteiger partial charge is 0.247 e. The number of nitrogens with two attached hydrogens (primary N) is 1. The Hall–Kier alpha value is -3.85. The third-order valence-corrected chi connectivity index (χ3v) is 6.33. The Morgan fingerprint density at radius 2 is 1.80 bits per heavy atom. The highest BCUT2D eigenvalue weighted by Crippen LogP contribution is 2.56. The van der Waals surface area contributed by atoms with Gasteiger partial charge in [-0.1, -0.05) is 48.5 Å². The molecule has 2 atom stereocenters. The zero-order chi connectivity index (χ0) is 21.0. The minimum atomic E-state index is -1.55. The second-order valence-corrected chi connectivity index (χ2v) is 7.82. The number of fused-ring (bicyclic) bond motifs is 3. The number of allylic oxidation sites excluding steroid dienone is 1. The van der Waals surface area contributed by atoms with E-state index in [9.17, 15) is 14.9 Å². The Kier molecular flexibility index (Phi) is 3.84. The van der Waals surface area contributed by atoms with Gasteiger partial charge in [-0.05, 0) is 17.5 Å². The zero-order valence-electron chi connectivity index (χ0n) is 16.4. The molecular formula is C24H19N3O3. The third-order valence-electron chi connectivity index (χ3n) is 6.33. The molecule has 2 aliphatic heterocycles. The average molecular weight is 397 g/mol. The average Bonchev–Trinajstić information content (AvgIpc) is 2.97. The van der Waals surface area contributed by atoms with Crippen molar-refractivity contribution >= 4 is 17.4 Å². The highest BCUT2D eigenvalue weighted by Gasteiger charge is 2.61. The zero-order valence-corrected chi connectivity index (χ0v) is 16.4. The van der Waals surface area contributed by atoms with E-state index in [0.717, 1.165) is 5.56 Å². The number of hydrogen-bond donors (Lipinski definition) is 1. The summed E-state index contributed by atoms with van der Waals surface area (Å²) in [5.74, 6) is -0.351. The normalized spacial score (nSPS) is 25.2. The summed E-state index contributed by atoms with van der Waals surface area (Å²) in [7, 11) is 1.65. The van der Waals surface area contributed by atoms with Crippen LogP contribution in [0.15, 0.2) is 77.4 Å². The number of nitrogens with zero attached hydrogens (tertiary/aromatic N) is 2. The maximum Gasteiger partial charge on any atom is 0.247 e. The van der Waals surface area contributed by atoms with Crippen LogP contribution in [0.1, 0.15) is 29.9 Å². The number of nitriles is 1. The summed E-state index contributed by atoms with van der Waals surface area (Å²) in [5.41, 5.74) is 7.14. The van der Waals surface area contributed by atoms with Crippen LogP contribution in [0.5, 0.6) is 0 Å². The van der Waals surface area contributed by atoms with Gasteiger partial charge in [0.25, 0.3) is 0 Å². The lowest BCUT2D eigenvalue weighted by Crippen LogP contribution is -2.48. The van der Waals surface area contributed by atoms with Gasteiger partial charge < -0.3 is 15.4 Å². The van der Waals surface area contributed by atoms with Crippen molar-refractivity contribution in [2.75, 3.05) is 11.9 Å². The Balaban J connectivity index is 1.76. The number of Topliss-reactive ketones (excluding diaryl/α,β-unsaturated/α-hetero) is 1. The molecule has 0 aromatic heterocycles. The highest BCUT2D eigenvalue weighted by molar-refractivity contribution is 6.19. The van der Waals surface area contributed by atoms with Crippen molar-refractivity contribution in [3.05, 3.63) is 88.5 Å². The molecule has 2 heterocycles. The van der Waals surface area contributed by atoms with Crippen molar-refractivity contribution in [1.82, 2.24) is 0 Å². The van der Waals surface area contributed by atoms with E-state index in [1.165, 1.54) is 4.90 Å². The molecule has 0 radical (unpaired) electrons. The van der Waals surface area contributed by atoms with Crippen molar-refractivity contribution in [1.29, 1.82) is 5.26 Å². The fourth-order valence-corrected chi connectivity index (χ4v) is 5.03. The molecule has 1 amide bonds. The van der Waals surface area contributed by atoms with Gasteiger partial charge in [0.05, 0.1) is 5.57 Å².